The molecule has 0 amide bonds. The standard InChI is InChI=1S/C21H17BrClN3O2S/c1-11-18(12-4-6-13(22)7-5-12)19-20(24-10-25-21(19)29-11)26-15-9-16(27-2)14(23)8-17(15)28-3/h4-10H,1-3H3,(H,24,25,26). The maximum atomic E-state index is 6.24. The molecular weight excluding hydrogens is 474 g/mol. The molecule has 1 N–H and O–H groups in total. The van der Waals surface area contributed by atoms with Crippen molar-refractivity contribution < 1.29 is 9.47 Å². The number of nitrogens with one attached hydrogen (secondary N) is 1. The van der Waals surface area contributed by atoms with Crippen molar-refractivity contribution in [2.75, 3.05) is 19.5 Å². The highest BCUT2D eigenvalue weighted by Gasteiger charge is 2.18. The maximum Gasteiger partial charge on any atom is 0.144 e. The van der Waals surface area contributed by atoms with Crippen LogP contribution >= 0.6 is 38.9 Å². The summed E-state index contributed by atoms with van der Waals surface area (Å²) in [6.45, 7) is 2.10. The summed E-state index contributed by atoms with van der Waals surface area (Å²) >= 11 is 11.4. The average Bonchev–Trinajstić information content (AvgIpc) is 3.06. The number of hydrogen-bond acceptors (Lipinski definition) is 6. The van der Waals surface area contributed by atoms with Gasteiger partial charge in [-0.05, 0) is 24.6 Å². The molecule has 29 heavy (non-hydrogen) atoms. The van der Waals surface area contributed by atoms with Gasteiger partial charge in [0.2, 0.25) is 0 Å². The topological polar surface area (TPSA) is 56.3 Å². The number of halogens is 2. The molecule has 0 unspecified atom stereocenters. The van der Waals surface area contributed by atoms with E-state index >= 15 is 0 Å². The zero-order valence-electron chi connectivity index (χ0n) is 15.9. The van der Waals surface area contributed by atoms with Gasteiger partial charge in [0.1, 0.15) is 28.5 Å². The van der Waals surface area contributed by atoms with Crippen molar-refractivity contribution >= 4 is 60.6 Å². The fourth-order valence-corrected chi connectivity index (χ4v) is 4.70. The molecule has 2 aromatic carbocycles. The number of anilines is 2. The second-order valence-corrected chi connectivity index (χ2v) is 8.78. The summed E-state index contributed by atoms with van der Waals surface area (Å²) in [4.78, 5) is 11.1. The van der Waals surface area contributed by atoms with Gasteiger partial charge in [0.05, 0.1) is 30.3 Å². The monoisotopic (exact) mass is 489 g/mol. The first kappa shape index (κ1) is 19.9. The first-order chi connectivity index (χ1) is 14.0. The Kier molecular flexibility index (Phi) is 5.63. The quantitative estimate of drug-likeness (QED) is 0.332. The van der Waals surface area contributed by atoms with E-state index in [0.717, 1.165) is 25.8 Å². The molecule has 0 fully saturated rings. The number of aromatic nitrogens is 2. The number of rotatable bonds is 5. The molecule has 5 nitrogen and oxygen atoms in total. The van der Waals surface area contributed by atoms with Crippen molar-refractivity contribution in [2.45, 2.75) is 6.92 Å². The largest absolute Gasteiger partial charge is 0.495 e. The normalized spacial score (nSPS) is 10.9. The molecule has 0 aliphatic heterocycles. The highest BCUT2D eigenvalue weighted by Crippen LogP contribution is 2.43. The van der Waals surface area contributed by atoms with Gasteiger partial charge in [-0.25, -0.2) is 9.97 Å². The molecule has 0 spiro atoms. The number of aryl methyl sites for hydroxylation is 1. The van der Waals surface area contributed by atoms with Gasteiger partial charge >= 0.3 is 0 Å². The molecule has 0 atom stereocenters. The average molecular weight is 491 g/mol. The molecule has 148 valence electrons. The Balaban J connectivity index is 1.89. The van der Waals surface area contributed by atoms with Gasteiger partial charge in [-0.1, -0.05) is 39.7 Å². The second-order valence-electron chi connectivity index (χ2n) is 6.25. The summed E-state index contributed by atoms with van der Waals surface area (Å²) in [6.07, 6.45) is 1.56. The molecule has 0 bridgehead atoms. The number of fused-ring (bicyclic) bond motifs is 1. The maximum absolute atomic E-state index is 6.24. The van der Waals surface area contributed by atoms with Crippen molar-refractivity contribution in [2.24, 2.45) is 0 Å². The lowest BCUT2D eigenvalue weighted by Gasteiger charge is -2.14. The Morgan fingerprint density at radius 1 is 1.03 bits per heavy atom. The third kappa shape index (κ3) is 3.77. The summed E-state index contributed by atoms with van der Waals surface area (Å²) in [5, 5.41) is 4.83. The van der Waals surface area contributed by atoms with Crippen LogP contribution in [0.25, 0.3) is 21.3 Å². The van der Waals surface area contributed by atoms with Crippen molar-refractivity contribution in [1.82, 2.24) is 9.97 Å². The van der Waals surface area contributed by atoms with E-state index in [0.29, 0.717) is 28.0 Å². The predicted molar refractivity (Wildman–Crippen MR) is 123 cm³/mol. The summed E-state index contributed by atoms with van der Waals surface area (Å²) in [6, 6.07) is 11.7. The molecule has 2 heterocycles. The van der Waals surface area contributed by atoms with E-state index in [1.807, 2.05) is 12.1 Å². The SMILES string of the molecule is COc1cc(Nc2ncnc3sc(C)c(-c4ccc(Br)cc4)c23)c(OC)cc1Cl. The van der Waals surface area contributed by atoms with Crippen molar-refractivity contribution in [3.63, 3.8) is 0 Å². The van der Waals surface area contributed by atoms with Gasteiger partial charge in [0.15, 0.2) is 0 Å². The smallest absolute Gasteiger partial charge is 0.144 e. The Hall–Kier alpha value is -2.35. The van der Waals surface area contributed by atoms with E-state index in [9.17, 15) is 0 Å². The van der Waals surface area contributed by atoms with E-state index in [2.05, 4.69) is 50.3 Å². The Morgan fingerprint density at radius 2 is 1.76 bits per heavy atom. The van der Waals surface area contributed by atoms with Crippen LogP contribution in [0.1, 0.15) is 4.88 Å². The first-order valence-electron chi connectivity index (χ1n) is 8.70. The molecule has 0 radical (unpaired) electrons. The Labute approximate surface area is 185 Å². The van der Waals surface area contributed by atoms with E-state index in [4.69, 9.17) is 21.1 Å². The van der Waals surface area contributed by atoms with Crippen LogP contribution in [0.15, 0.2) is 47.2 Å². The van der Waals surface area contributed by atoms with Crippen LogP contribution in [-0.2, 0) is 0 Å². The fourth-order valence-electron chi connectivity index (χ4n) is 3.19. The van der Waals surface area contributed by atoms with Gasteiger partial charge in [-0.2, -0.15) is 0 Å². The van der Waals surface area contributed by atoms with Gasteiger partial charge in [0, 0.05) is 27.0 Å². The van der Waals surface area contributed by atoms with Crippen molar-refractivity contribution in [3.8, 4) is 22.6 Å². The van der Waals surface area contributed by atoms with Gasteiger partial charge in [-0.3, -0.25) is 0 Å². The fraction of sp³-hybridized carbons (Fsp3) is 0.143. The molecule has 0 aliphatic rings. The minimum Gasteiger partial charge on any atom is -0.495 e. The third-order valence-electron chi connectivity index (χ3n) is 4.52. The molecule has 4 rings (SSSR count). The lowest BCUT2D eigenvalue weighted by atomic mass is 10.0. The molecule has 8 heteroatoms. The zero-order chi connectivity index (χ0) is 20.5. The number of benzene rings is 2. The zero-order valence-corrected chi connectivity index (χ0v) is 19.1. The minimum atomic E-state index is 0.477. The van der Waals surface area contributed by atoms with E-state index in [-0.39, 0.29) is 0 Å². The van der Waals surface area contributed by atoms with Crippen LogP contribution in [0.3, 0.4) is 0 Å². The van der Waals surface area contributed by atoms with Crippen LogP contribution in [0.5, 0.6) is 11.5 Å². The molecule has 0 saturated carbocycles. The third-order valence-corrected chi connectivity index (χ3v) is 6.36. The number of hydrogen-bond donors (Lipinski definition) is 1. The highest BCUT2D eigenvalue weighted by atomic mass is 79.9. The summed E-state index contributed by atoms with van der Waals surface area (Å²) in [5.74, 6) is 1.84. The van der Waals surface area contributed by atoms with Gasteiger partial charge in [-0.15, -0.1) is 11.3 Å². The lowest BCUT2D eigenvalue weighted by molar-refractivity contribution is 0.405. The summed E-state index contributed by atoms with van der Waals surface area (Å²) in [5.41, 5.74) is 2.93. The van der Waals surface area contributed by atoms with Crippen LogP contribution < -0.4 is 14.8 Å². The number of nitrogens with zero attached hydrogens (tertiary/aromatic N) is 2. The van der Waals surface area contributed by atoms with E-state index in [1.165, 1.54) is 4.88 Å². The minimum absolute atomic E-state index is 0.477. The molecule has 0 saturated heterocycles. The van der Waals surface area contributed by atoms with Crippen LogP contribution in [0.2, 0.25) is 5.02 Å². The Morgan fingerprint density at radius 3 is 2.45 bits per heavy atom. The highest BCUT2D eigenvalue weighted by molar-refractivity contribution is 9.10. The molecule has 0 aliphatic carbocycles. The number of methoxy groups -OCH3 is 2. The summed E-state index contributed by atoms with van der Waals surface area (Å²) in [7, 11) is 3.18. The molecule has 4 aromatic rings. The second kappa shape index (κ2) is 8.18. The van der Waals surface area contributed by atoms with Crippen molar-refractivity contribution in [3.05, 3.63) is 57.1 Å². The van der Waals surface area contributed by atoms with Crippen LogP contribution in [-0.4, -0.2) is 24.2 Å². The van der Waals surface area contributed by atoms with Gasteiger partial charge in [0.25, 0.3) is 0 Å². The Bertz CT molecular complexity index is 1190. The summed E-state index contributed by atoms with van der Waals surface area (Å²) < 4.78 is 11.9. The van der Waals surface area contributed by atoms with Crippen molar-refractivity contribution in [1.29, 1.82) is 0 Å². The number of thiophene rings is 1. The predicted octanol–water partition coefficient (Wildman–Crippen LogP) is 6.84. The lowest BCUT2D eigenvalue weighted by Crippen LogP contribution is -1.99. The van der Waals surface area contributed by atoms with Crippen LogP contribution in [0.4, 0.5) is 11.5 Å². The molecular formula is C21H17BrClN3O2S. The van der Waals surface area contributed by atoms with Crippen LogP contribution in [0, 0.1) is 6.92 Å². The van der Waals surface area contributed by atoms with E-state index in [1.54, 1.807) is 44.0 Å². The molecule has 2 aromatic heterocycles. The first-order valence-corrected chi connectivity index (χ1v) is 10.7. The van der Waals surface area contributed by atoms with Gasteiger partial charge < -0.3 is 14.8 Å². The van der Waals surface area contributed by atoms with E-state index < -0.39 is 0 Å². The number of ether oxygens (including phenoxy) is 2.